The molecule has 2 aromatic carbocycles. The highest BCUT2D eigenvalue weighted by molar-refractivity contribution is 9.10. The van der Waals surface area contributed by atoms with Gasteiger partial charge in [0.1, 0.15) is 5.82 Å². The third-order valence-corrected chi connectivity index (χ3v) is 6.49. The number of benzene rings is 2. The minimum Gasteiger partial charge on any atom is -0.324 e. The summed E-state index contributed by atoms with van der Waals surface area (Å²) in [5, 5.41) is 3.41. The Morgan fingerprint density at radius 2 is 1.81 bits per heavy atom. The van der Waals surface area contributed by atoms with Crippen LogP contribution in [0.4, 0.5) is 0 Å². The molecule has 140 valence electrons. The zero-order valence-electron chi connectivity index (χ0n) is 15.4. The predicted molar refractivity (Wildman–Crippen MR) is 113 cm³/mol. The predicted octanol–water partition coefficient (Wildman–Crippen LogP) is 4.32. The van der Waals surface area contributed by atoms with E-state index in [1.807, 2.05) is 0 Å². The van der Waals surface area contributed by atoms with Crippen molar-refractivity contribution in [2.45, 2.75) is 31.3 Å². The number of piperidine rings is 1. The number of rotatable bonds is 4. The first-order valence-corrected chi connectivity index (χ1v) is 10.7. The van der Waals surface area contributed by atoms with E-state index in [4.69, 9.17) is 4.98 Å². The molecule has 2 aliphatic rings. The lowest BCUT2D eigenvalue weighted by molar-refractivity contribution is 0.178. The molecule has 2 saturated heterocycles. The number of hydrogen-bond donors (Lipinski definition) is 1. The Kier molecular flexibility index (Phi) is 4.76. The van der Waals surface area contributed by atoms with Crippen molar-refractivity contribution < 1.29 is 0 Å². The first-order chi connectivity index (χ1) is 13.3. The summed E-state index contributed by atoms with van der Waals surface area (Å²) in [5.74, 6) is 1.84. The van der Waals surface area contributed by atoms with Crippen LogP contribution in [0.1, 0.15) is 36.2 Å². The fourth-order valence-electron chi connectivity index (χ4n) is 4.41. The number of nitrogens with one attached hydrogen (secondary N) is 1. The molecule has 0 amide bonds. The van der Waals surface area contributed by atoms with Crippen LogP contribution >= 0.6 is 15.9 Å². The van der Waals surface area contributed by atoms with Gasteiger partial charge in [-0.1, -0.05) is 46.3 Å². The van der Waals surface area contributed by atoms with Gasteiger partial charge >= 0.3 is 0 Å². The lowest BCUT2D eigenvalue weighted by atomic mass is 9.99. The number of likely N-dealkylation sites (tertiary alicyclic amines) is 1. The molecule has 0 saturated carbocycles. The number of fused-ring (bicyclic) bond motifs is 1. The third kappa shape index (κ3) is 3.44. The molecular weight excluding hydrogens is 400 g/mol. The van der Waals surface area contributed by atoms with Gasteiger partial charge in [-0.05, 0) is 36.6 Å². The highest BCUT2D eigenvalue weighted by atomic mass is 79.9. The highest BCUT2D eigenvalue weighted by Gasteiger charge is 2.30. The lowest BCUT2D eigenvalue weighted by Gasteiger charge is -2.35. The van der Waals surface area contributed by atoms with Crippen LogP contribution in [0.25, 0.3) is 11.0 Å². The van der Waals surface area contributed by atoms with E-state index in [0.717, 1.165) is 42.7 Å². The molecule has 2 fully saturated rings. The smallest absolute Gasteiger partial charge is 0.115 e. The molecule has 5 heteroatoms. The molecule has 4 nitrogen and oxygen atoms in total. The maximum Gasteiger partial charge on any atom is 0.115 e. The van der Waals surface area contributed by atoms with Crippen LogP contribution in [0.5, 0.6) is 0 Å². The minimum atomic E-state index is 0.554. The Morgan fingerprint density at radius 1 is 1.04 bits per heavy atom. The molecular formula is C22H25BrN4. The maximum atomic E-state index is 5.04. The van der Waals surface area contributed by atoms with Gasteiger partial charge in [0.25, 0.3) is 0 Å². The Hall–Kier alpha value is -1.69. The summed E-state index contributed by atoms with van der Waals surface area (Å²) in [6.45, 7) is 5.47. The van der Waals surface area contributed by atoms with Crippen LogP contribution in [-0.4, -0.2) is 40.6 Å². The van der Waals surface area contributed by atoms with Gasteiger partial charge in [0.15, 0.2) is 0 Å². The van der Waals surface area contributed by atoms with Crippen molar-refractivity contribution in [3.05, 3.63) is 64.4 Å². The summed E-state index contributed by atoms with van der Waals surface area (Å²) in [6, 6.07) is 17.9. The quantitative estimate of drug-likeness (QED) is 0.676. The van der Waals surface area contributed by atoms with Gasteiger partial charge < -0.3 is 9.88 Å². The number of nitrogens with zero attached hydrogens (tertiary/aromatic N) is 3. The Morgan fingerprint density at radius 3 is 2.52 bits per heavy atom. The van der Waals surface area contributed by atoms with Gasteiger partial charge in [-0.2, -0.15) is 0 Å². The van der Waals surface area contributed by atoms with Gasteiger partial charge in [0, 0.05) is 49.2 Å². The molecule has 3 aromatic rings. The summed E-state index contributed by atoms with van der Waals surface area (Å²) >= 11 is 3.60. The summed E-state index contributed by atoms with van der Waals surface area (Å²) in [5.41, 5.74) is 3.83. The van der Waals surface area contributed by atoms with Crippen molar-refractivity contribution in [1.29, 1.82) is 0 Å². The minimum absolute atomic E-state index is 0.554. The van der Waals surface area contributed by atoms with Crippen molar-refractivity contribution >= 4 is 27.0 Å². The normalized spacial score (nSPS) is 19.4. The molecule has 1 aromatic heterocycles. The van der Waals surface area contributed by atoms with E-state index in [9.17, 15) is 0 Å². The maximum absolute atomic E-state index is 5.04. The highest BCUT2D eigenvalue weighted by Crippen LogP contribution is 2.34. The number of halogens is 1. The average Bonchev–Trinajstić information content (AvgIpc) is 2.99. The lowest BCUT2D eigenvalue weighted by Crippen LogP contribution is -2.42. The molecule has 0 spiro atoms. The fraction of sp³-hybridized carbons (Fsp3) is 0.409. The van der Waals surface area contributed by atoms with Gasteiger partial charge in [-0.25, -0.2) is 4.98 Å². The van der Waals surface area contributed by atoms with Crippen molar-refractivity contribution in [1.82, 2.24) is 19.8 Å². The van der Waals surface area contributed by atoms with Crippen LogP contribution < -0.4 is 5.32 Å². The molecule has 3 heterocycles. The van der Waals surface area contributed by atoms with Crippen LogP contribution in [-0.2, 0) is 6.54 Å². The molecule has 0 unspecified atom stereocenters. The van der Waals surface area contributed by atoms with E-state index in [2.05, 4.69) is 79.2 Å². The Labute approximate surface area is 168 Å². The van der Waals surface area contributed by atoms with E-state index >= 15 is 0 Å². The van der Waals surface area contributed by atoms with E-state index in [1.54, 1.807) is 0 Å². The molecule has 27 heavy (non-hydrogen) atoms. The largest absolute Gasteiger partial charge is 0.324 e. The summed E-state index contributed by atoms with van der Waals surface area (Å²) in [7, 11) is 0. The zero-order valence-corrected chi connectivity index (χ0v) is 17.0. The fourth-order valence-corrected chi connectivity index (χ4v) is 4.76. The van der Waals surface area contributed by atoms with E-state index in [0.29, 0.717) is 12.0 Å². The first-order valence-electron chi connectivity index (χ1n) is 9.92. The van der Waals surface area contributed by atoms with E-state index < -0.39 is 0 Å². The van der Waals surface area contributed by atoms with Gasteiger partial charge in [0.05, 0.1) is 11.0 Å². The van der Waals surface area contributed by atoms with Crippen molar-refractivity contribution in [3.63, 3.8) is 0 Å². The Balaban J connectivity index is 1.38. The SMILES string of the molecule is Brc1ccc2c(c1)nc(C1CNC1)n2C1CCN(Cc2ccccc2)CC1. The van der Waals surface area contributed by atoms with Crippen LogP contribution in [0.3, 0.4) is 0 Å². The first kappa shape index (κ1) is 17.4. The second kappa shape index (κ2) is 7.38. The second-order valence-electron chi connectivity index (χ2n) is 7.82. The van der Waals surface area contributed by atoms with Gasteiger partial charge in [0.2, 0.25) is 0 Å². The standard InChI is InChI=1S/C22H25BrN4/c23-18-6-7-21-20(12-18)25-22(17-13-24-14-17)27(21)19-8-10-26(11-9-19)15-16-4-2-1-3-5-16/h1-7,12,17,19,24H,8-11,13-15H2. The van der Waals surface area contributed by atoms with Gasteiger partial charge in [-0.15, -0.1) is 0 Å². The van der Waals surface area contributed by atoms with Crippen molar-refractivity contribution in [2.24, 2.45) is 0 Å². The molecule has 0 bridgehead atoms. The number of aromatic nitrogens is 2. The number of hydrogen-bond acceptors (Lipinski definition) is 3. The van der Waals surface area contributed by atoms with Crippen LogP contribution in [0, 0.1) is 0 Å². The van der Waals surface area contributed by atoms with E-state index in [-0.39, 0.29) is 0 Å². The monoisotopic (exact) mass is 424 g/mol. The van der Waals surface area contributed by atoms with Gasteiger partial charge in [-0.3, -0.25) is 4.90 Å². The second-order valence-corrected chi connectivity index (χ2v) is 8.74. The average molecular weight is 425 g/mol. The van der Waals surface area contributed by atoms with Crippen LogP contribution in [0.15, 0.2) is 53.0 Å². The Bertz CT molecular complexity index is 924. The topological polar surface area (TPSA) is 33.1 Å². The summed E-state index contributed by atoms with van der Waals surface area (Å²) in [4.78, 5) is 7.63. The van der Waals surface area contributed by atoms with E-state index in [1.165, 1.54) is 29.7 Å². The molecule has 0 radical (unpaired) electrons. The van der Waals surface area contributed by atoms with Crippen molar-refractivity contribution in [2.75, 3.05) is 26.2 Å². The summed E-state index contributed by atoms with van der Waals surface area (Å²) in [6.07, 6.45) is 2.39. The molecule has 5 rings (SSSR count). The molecule has 0 atom stereocenters. The third-order valence-electron chi connectivity index (χ3n) is 6.00. The van der Waals surface area contributed by atoms with Crippen LogP contribution in [0.2, 0.25) is 0 Å². The summed E-state index contributed by atoms with van der Waals surface area (Å²) < 4.78 is 3.67. The van der Waals surface area contributed by atoms with Crippen molar-refractivity contribution in [3.8, 4) is 0 Å². The zero-order chi connectivity index (χ0) is 18.2. The molecule has 1 N–H and O–H groups in total. The molecule has 0 aliphatic carbocycles. The molecule has 2 aliphatic heterocycles. The number of imidazole rings is 1.